The van der Waals surface area contributed by atoms with Crippen molar-refractivity contribution >= 4 is 5.78 Å². The van der Waals surface area contributed by atoms with Gasteiger partial charge in [-0.3, -0.25) is 14.2 Å². The molecule has 154 valence electrons. The number of hydrogen-bond acceptors (Lipinski definition) is 5. The summed E-state index contributed by atoms with van der Waals surface area (Å²) in [6.07, 6.45) is 0.562. The maximum absolute atomic E-state index is 13.0. The van der Waals surface area contributed by atoms with Crippen LogP contribution >= 0.6 is 0 Å². The van der Waals surface area contributed by atoms with Gasteiger partial charge in [-0.2, -0.15) is 5.26 Å². The Balaban J connectivity index is 2.48. The number of benzene rings is 1. The molecule has 29 heavy (non-hydrogen) atoms. The molecule has 6 heteroatoms. The molecule has 0 bridgehead atoms. The number of carbonyl (C=O) groups is 1. The summed E-state index contributed by atoms with van der Waals surface area (Å²) < 4.78 is 6.92. The zero-order valence-corrected chi connectivity index (χ0v) is 17.9. The molecule has 0 spiro atoms. The van der Waals surface area contributed by atoms with E-state index < -0.39 is 17.2 Å². The van der Waals surface area contributed by atoms with Crippen molar-refractivity contribution in [2.45, 2.75) is 59.9 Å². The number of ketones is 1. The minimum absolute atomic E-state index is 0.0415. The second-order valence-corrected chi connectivity index (χ2v) is 7.65. The largest absolute Gasteiger partial charge is 0.494 e. The number of rotatable bonds is 7. The number of Topliss-reactive ketones (excluding diaryl/α,β-unsaturated/α-hetero) is 1. The first-order valence-corrected chi connectivity index (χ1v) is 9.78. The molecule has 0 aliphatic carbocycles. The van der Waals surface area contributed by atoms with Gasteiger partial charge in [0, 0.05) is 6.04 Å². The number of nitrogens with zero attached hydrogens (tertiary/aromatic N) is 2. The van der Waals surface area contributed by atoms with Crippen molar-refractivity contribution in [3.05, 3.63) is 56.4 Å². The van der Waals surface area contributed by atoms with Crippen molar-refractivity contribution in [3.8, 4) is 17.7 Å². The van der Waals surface area contributed by atoms with Crippen LogP contribution in [0.15, 0.2) is 23.0 Å². The van der Waals surface area contributed by atoms with Gasteiger partial charge in [0.05, 0.1) is 5.56 Å². The van der Waals surface area contributed by atoms with Gasteiger partial charge in [-0.15, -0.1) is 0 Å². The highest BCUT2D eigenvalue weighted by atomic mass is 16.5. The van der Waals surface area contributed by atoms with Gasteiger partial charge >= 0.3 is 0 Å². The Labute approximate surface area is 171 Å². The van der Waals surface area contributed by atoms with E-state index in [9.17, 15) is 20.0 Å². The number of hydrogen-bond donors (Lipinski definition) is 1. The molecular formula is C23H28N2O4. The topological polar surface area (TPSA) is 92.3 Å². The molecule has 2 aromatic rings. The van der Waals surface area contributed by atoms with Gasteiger partial charge in [-0.05, 0) is 55.9 Å². The van der Waals surface area contributed by atoms with E-state index in [1.165, 1.54) is 6.92 Å². The molecule has 0 radical (unpaired) electrons. The third-order valence-electron chi connectivity index (χ3n) is 5.21. The summed E-state index contributed by atoms with van der Waals surface area (Å²) in [6, 6.07) is 7.35. The molecule has 1 unspecified atom stereocenters. The fourth-order valence-electron chi connectivity index (χ4n) is 3.31. The molecule has 6 nitrogen and oxygen atoms in total. The Morgan fingerprint density at radius 3 is 2.48 bits per heavy atom. The Morgan fingerprint density at radius 2 is 1.93 bits per heavy atom. The van der Waals surface area contributed by atoms with E-state index in [2.05, 4.69) is 0 Å². The maximum Gasteiger partial charge on any atom is 0.271 e. The van der Waals surface area contributed by atoms with Gasteiger partial charge in [-0.1, -0.05) is 32.9 Å². The molecule has 1 aromatic carbocycles. The lowest BCUT2D eigenvalue weighted by Crippen LogP contribution is -2.29. The normalized spacial score (nSPS) is 11.9. The minimum Gasteiger partial charge on any atom is -0.494 e. The van der Waals surface area contributed by atoms with E-state index in [0.29, 0.717) is 12.2 Å². The van der Waals surface area contributed by atoms with E-state index >= 15 is 0 Å². The molecule has 1 heterocycles. The molecule has 0 aliphatic rings. The second-order valence-electron chi connectivity index (χ2n) is 7.65. The Bertz CT molecular complexity index is 1030. The van der Waals surface area contributed by atoms with Gasteiger partial charge in [0.1, 0.15) is 17.4 Å². The SMILES string of the molecule is CCC(C)n1c(O)c(C(=O)COc2cc(C)ccc2C(C)C)c(C)c(C#N)c1=O. The van der Waals surface area contributed by atoms with Crippen molar-refractivity contribution in [1.29, 1.82) is 5.26 Å². The lowest BCUT2D eigenvalue weighted by atomic mass is 10.00. The van der Waals surface area contributed by atoms with Crippen molar-refractivity contribution in [3.63, 3.8) is 0 Å². The summed E-state index contributed by atoms with van der Waals surface area (Å²) in [7, 11) is 0. The number of aromatic hydroxyl groups is 1. The van der Waals surface area contributed by atoms with E-state index in [4.69, 9.17) is 4.74 Å². The monoisotopic (exact) mass is 396 g/mol. The summed E-state index contributed by atoms with van der Waals surface area (Å²) in [4.78, 5) is 25.5. The van der Waals surface area contributed by atoms with Crippen LogP contribution in [0.4, 0.5) is 0 Å². The van der Waals surface area contributed by atoms with E-state index in [1.807, 2.05) is 52.0 Å². The van der Waals surface area contributed by atoms with E-state index in [-0.39, 0.29) is 35.3 Å². The van der Waals surface area contributed by atoms with Gasteiger partial charge in [0.15, 0.2) is 6.61 Å². The van der Waals surface area contributed by atoms with Gasteiger partial charge < -0.3 is 9.84 Å². The van der Waals surface area contributed by atoms with E-state index in [0.717, 1.165) is 15.7 Å². The molecule has 0 amide bonds. The van der Waals surface area contributed by atoms with Crippen molar-refractivity contribution in [1.82, 2.24) is 4.57 Å². The van der Waals surface area contributed by atoms with Crippen LogP contribution in [0.3, 0.4) is 0 Å². The Hall–Kier alpha value is -3.07. The van der Waals surface area contributed by atoms with Gasteiger partial charge in [0.25, 0.3) is 5.56 Å². The first-order chi connectivity index (χ1) is 13.6. The molecule has 0 fully saturated rings. The van der Waals surface area contributed by atoms with Crippen LogP contribution in [0.2, 0.25) is 0 Å². The molecule has 1 N–H and O–H groups in total. The summed E-state index contributed by atoms with van der Waals surface area (Å²) in [6.45, 7) is 10.8. The third kappa shape index (κ3) is 4.34. The average molecular weight is 396 g/mol. The van der Waals surface area contributed by atoms with E-state index in [1.54, 1.807) is 6.92 Å². The predicted octanol–water partition coefficient (Wildman–Crippen LogP) is 4.40. The van der Waals surface area contributed by atoms with Crippen molar-refractivity contribution in [2.75, 3.05) is 6.61 Å². The van der Waals surface area contributed by atoms with Crippen molar-refractivity contribution in [2.24, 2.45) is 0 Å². The van der Waals surface area contributed by atoms with Gasteiger partial charge in [-0.25, -0.2) is 0 Å². The molecule has 0 saturated heterocycles. The maximum atomic E-state index is 13.0. The fraction of sp³-hybridized carbons (Fsp3) is 0.435. The van der Waals surface area contributed by atoms with Crippen LogP contribution in [0, 0.1) is 25.2 Å². The average Bonchev–Trinajstić information content (AvgIpc) is 2.66. The minimum atomic E-state index is -0.588. The lowest BCUT2D eigenvalue weighted by molar-refractivity contribution is 0.0915. The van der Waals surface area contributed by atoms with Crippen LogP contribution < -0.4 is 10.3 Å². The summed E-state index contributed by atoms with van der Waals surface area (Å²) in [5, 5.41) is 20.1. The first kappa shape index (κ1) is 22.2. The summed E-state index contributed by atoms with van der Waals surface area (Å²) in [5.74, 6) is -0.0675. The highest BCUT2D eigenvalue weighted by molar-refractivity contribution is 6.01. The van der Waals surface area contributed by atoms with Crippen LogP contribution in [0.5, 0.6) is 11.6 Å². The number of aromatic nitrogens is 1. The highest BCUT2D eigenvalue weighted by Gasteiger charge is 2.26. The molecular weight excluding hydrogens is 368 g/mol. The predicted molar refractivity (Wildman–Crippen MR) is 112 cm³/mol. The Kier molecular flexibility index (Phi) is 6.86. The third-order valence-corrected chi connectivity index (χ3v) is 5.21. The molecule has 2 rings (SSSR count). The number of nitriles is 1. The molecule has 0 saturated carbocycles. The summed E-state index contributed by atoms with van der Waals surface area (Å²) >= 11 is 0. The number of ether oxygens (including phenoxy) is 1. The first-order valence-electron chi connectivity index (χ1n) is 9.78. The number of pyridine rings is 1. The number of aryl methyl sites for hydroxylation is 1. The van der Waals surface area contributed by atoms with Crippen LogP contribution in [-0.2, 0) is 0 Å². The van der Waals surface area contributed by atoms with Crippen molar-refractivity contribution < 1.29 is 14.6 Å². The highest BCUT2D eigenvalue weighted by Crippen LogP contribution is 2.29. The number of carbonyl (C=O) groups excluding carboxylic acids is 1. The quantitative estimate of drug-likeness (QED) is 0.700. The Morgan fingerprint density at radius 1 is 1.28 bits per heavy atom. The van der Waals surface area contributed by atoms with Crippen LogP contribution in [-0.4, -0.2) is 22.1 Å². The smallest absolute Gasteiger partial charge is 0.271 e. The van der Waals surface area contributed by atoms with Crippen LogP contribution in [0.1, 0.15) is 78.7 Å². The zero-order valence-electron chi connectivity index (χ0n) is 17.9. The fourth-order valence-corrected chi connectivity index (χ4v) is 3.31. The zero-order chi connectivity index (χ0) is 21.9. The lowest BCUT2D eigenvalue weighted by Gasteiger charge is -2.20. The summed E-state index contributed by atoms with van der Waals surface area (Å²) in [5.41, 5.74) is 1.40. The molecule has 1 atom stereocenters. The standard InChI is InChI=1S/C23H28N2O4/c1-7-15(5)25-22(27)18(11-24)16(6)21(23(25)28)19(26)12-29-20-10-14(4)8-9-17(20)13(2)3/h8-10,13,15,28H,7,12H2,1-6H3. The second kappa shape index (κ2) is 8.95. The molecule has 1 aromatic heterocycles. The van der Waals surface area contributed by atoms with Gasteiger partial charge in [0.2, 0.25) is 11.7 Å². The molecule has 0 aliphatic heterocycles. The van der Waals surface area contributed by atoms with Crippen LogP contribution in [0.25, 0.3) is 0 Å².